The van der Waals surface area contributed by atoms with Gasteiger partial charge in [-0.3, -0.25) is 10.1 Å². The summed E-state index contributed by atoms with van der Waals surface area (Å²) >= 11 is 0. The van der Waals surface area contributed by atoms with Crippen molar-refractivity contribution in [3.63, 3.8) is 0 Å². The number of nitrogens with one attached hydrogen (secondary N) is 1. The highest BCUT2D eigenvalue weighted by Gasteiger charge is 2.54. The van der Waals surface area contributed by atoms with Gasteiger partial charge in [-0.25, -0.2) is 12.8 Å². The van der Waals surface area contributed by atoms with Gasteiger partial charge in [0.05, 0.1) is 30.1 Å². The maximum Gasteiger partial charge on any atom is 0.407 e. The molecular weight excluding hydrogens is 540 g/mol. The van der Waals surface area contributed by atoms with Crippen molar-refractivity contribution >= 4 is 15.7 Å². The molecule has 4 rings (SSSR count). The molecule has 6 atom stereocenters. The number of hydrogen-bond donors (Lipinski definition) is 2. The van der Waals surface area contributed by atoms with Gasteiger partial charge in [-0.05, 0) is 41.2 Å². The van der Waals surface area contributed by atoms with Gasteiger partial charge in [0, 0.05) is 6.26 Å². The number of rotatable bonds is 8. The number of aliphatic hydroxyl groups excluding tert-OH is 1. The molecule has 0 aromatic heterocycles. The second-order valence-electron chi connectivity index (χ2n) is 10.6. The number of halogens is 4. The van der Waals surface area contributed by atoms with E-state index in [4.69, 9.17) is 4.74 Å². The quantitative estimate of drug-likeness (QED) is 0.469. The first-order valence-electron chi connectivity index (χ1n) is 12.6. The molecule has 7 nitrogen and oxygen atoms in total. The van der Waals surface area contributed by atoms with E-state index >= 15 is 0 Å². The number of alkyl halides is 4. The molecule has 2 N–H and O–H groups in total. The number of hydrogen-bond acceptors (Lipinski definition) is 6. The predicted octanol–water partition coefficient (Wildman–Crippen LogP) is 3.67. The van der Waals surface area contributed by atoms with Crippen LogP contribution in [0.1, 0.15) is 31.9 Å². The Labute approximate surface area is 225 Å². The zero-order valence-corrected chi connectivity index (χ0v) is 22.5. The first-order chi connectivity index (χ1) is 18.2. The van der Waals surface area contributed by atoms with E-state index in [-0.39, 0.29) is 35.9 Å². The second-order valence-corrected chi connectivity index (χ2v) is 12.6. The number of fused-ring (bicyclic) bond motifs is 1. The number of nitrogens with zero attached hydrogens (tertiary/aromatic N) is 1. The predicted molar refractivity (Wildman–Crippen MR) is 136 cm³/mol. The molecule has 2 saturated heterocycles. The first kappa shape index (κ1) is 29.4. The second kappa shape index (κ2) is 11.1. The van der Waals surface area contributed by atoms with Crippen molar-refractivity contribution in [2.45, 2.75) is 67.8 Å². The summed E-state index contributed by atoms with van der Waals surface area (Å²) in [4.78, 5) is 14.7. The molecule has 2 aromatic carbocycles. The molecule has 2 heterocycles. The van der Waals surface area contributed by atoms with Crippen LogP contribution >= 0.6 is 0 Å². The fraction of sp³-hybridized carbons (Fsp3) is 0.519. The topological polar surface area (TPSA) is 95.9 Å². The summed E-state index contributed by atoms with van der Waals surface area (Å²) in [6, 6.07) is 7.13. The monoisotopic (exact) mass is 572 g/mol. The van der Waals surface area contributed by atoms with E-state index < -0.39 is 58.4 Å². The van der Waals surface area contributed by atoms with Crippen LogP contribution in [0.25, 0.3) is 11.1 Å². The van der Waals surface area contributed by atoms with Crippen LogP contribution in [0.2, 0.25) is 0 Å². The summed E-state index contributed by atoms with van der Waals surface area (Å²) in [7, 11) is -3.47. The SMILES string of the molecule is CC(C)CC(NC(c1ccc(-c2cccc(S(C)(=O)=O)c2)cc1)C(F)(F)F)C(=O)N1C[C@H](F)[C@H]2OC[C@H](O)[C@H]21. The molecule has 0 saturated carbocycles. The maximum absolute atomic E-state index is 14.5. The number of ether oxygens (including phenoxy) is 1. The minimum Gasteiger partial charge on any atom is -0.388 e. The highest BCUT2D eigenvalue weighted by atomic mass is 32.2. The van der Waals surface area contributed by atoms with E-state index in [0.29, 0.717) is 11.1 Å². The molecular formula is C27H32F4N2O5S. The molecule has 2 aliphatic heterocycles. The van der Waals surface area contributed by atoms with Gasteiger partial charge in [-0.2, -0.15) is 13.2 Å². The lowest BCUT2D eigenvalue weighted by Crippen LogP contribution is -2.54. The molecule has 12 heteroatoms. The zero-order chi connectivity index (χ0) is 28.7. The van der Waals surface area contributed by atoms with Gasteiger partial charge in [-0.1, -0.05) is 50.2 Å². The van der Waals surface area contributed by atoms with Crippen molar-refractivity contribution in [3.8, 4) is 11.1 Å². The van der Waals surface area contributed by atoms with E-state index in [2.05, 4.69) is 5.32 Å². The van der Waals surface area contributed by atoms with Crippen LogP contribution in [0.3, 0.4) is 0 Å². The molecule has 2 unspecified atom stereocenters. The third kappa shape index (κ3) is 6.45. The summed E-state index contributed by atoms with van der Waals surface area (Å²) in [5, 5.41) is 12.7. The summed E-state index contributed by atoms with van der Waals surface area (Å²) in [6.07, 6.45) is -7.30. The number of carbonyl (C=O) groups excluding carboxylic acids is 1. The van der Waals surface area contributed by atoms with Gasteiger partial charge in [-0.15, -0.1) is 0 Å². The summed E-state index contributed by atoms with van der Waals surface area (Å²) in [5.74, 6) is -0.874. The molecule has 214 valence electrons. The summed E-state index contributed by atoms with van der Waals surface area (Å²) in [6.45, 7) is 3.02. The van der Waals surface area contributed by atoms with Crippen molar-refractivity contribution in [2.75, 3.05) is 19.4 Å². The van der Waals surface area contributed by atoms with Crippen LogP contribution in [0.4, 0.5) is 17.6 Å². The third-order valence-corrected chi connectivity index (χ3v) is 8.21. The Balaban J connectivity index is 1.61. The molecule has 2 fully saturated rings. The number of likely N-dealkylation sites (tertiary alicyclic amines) is 1. The molecule has 0 spiro atoms. The van der Waals surface area contributed by atoms with E-state index in [0.717, 1.165) is 11.2 Å². The van der Waals surface area contributed by atoms with Gasteiger partial charge in [0.2, 0.25) is 5.91 Å². The van der Waals surface area contributed by atoms with Gasteiger partial charge in [0.15, 0.2) is 9.84 Å². The van der Waals surface area contributed by atoms with E-state index in [1.54, 1.807) is 26.0 Å². The van der Waals surface area contributed by atoms with E-state index in [1.807, 2.05) is 0 Å². The van der Waals surface area contributed by atoms with Crippen molar-refractivity contribution in [2.24, 2.45) is 5.92 Å². The molecule has 1 amide bonds. The van der Waals surface area contributed by atoms with Gasteiger partial charge in [0.1, 0.15) is 24.4 Å². The standard InChI is InChI=1S/C27H32F4N2O5S/c1-15(2)11-21(26(35)33-13-20(28)24-23(33)22(34)14-38-24)32-25(27(29,30)31)17-9-7-16(8-10-17)18-5-4-6-19(12-18)39(3,36)37/h4-10,12,15,20-25,32,34H,11,13-14H2,1-3H3/t20-,21?,22-,23+,24+,25?/m0/s1. The lowest BCUT2D eigenvalue weighted by Gasteiger charge is -2.33. The Bertz CT molecular complexity index is 1290. The number of benzene rings is 2. The van der Waals surface area contributed by atoms with Crippen molar-refractivity contribution < 1.29 is 40.6 Å². The Hall–Kier alpha value is -2.54. The van der Waals surface area contributed by atoms with Crippen LogP contribution in [-0.4, -0.2) is 80.4 Å². The Morgan fingerprint density at radius 2 is 1.82 bits per heavy atom. The number of sulfone groups is 1. The minimum atomic E-state index is -4.76. The number of aliphatic hydroxyl groups is 1. The molecule has 2 aliphatic rings. The van der Waals surface area contributed by atoms with Gasteiger partial charge >= 0.3 is 6.18 Å². The average Bonchev–Trinajstić information content (AvgIpc) is 3.40. The van der Waals surface area contributed by atoms with Gasteiger partial charge in [0.25, 0.3) is 0 Å². The average molecular weight is 573 g/mol. The Kier molecular flexibility index (Phi) is 8.42. The van der Waals surface area contributed by atoms with Crippen LogP contribution in [0.15, 0.2) is 53.4 Å². The van der Waals surface area contributed by atoms with E-state index in [1.165, 1.54) is 36.4 Å². The molecule has 0 bridgehead atoms. The molecule has 39 heavy (non-hydrogen) atoms. The highest BCUT2D eigenvalue weighted by molar-refractivity contribution is 7.90. The number of carbonyl (C=O) groups is 1. The van der Waals surface area contributed by atoms with Crippen molar-refractivity contribution in [3.05, 3.63) is 54.1 Å². The smallest absolute Gasteiger partial charge is 0.388 e. The van der Waals surface area contributed by atoms with Crippen LogP contribution in [-0.2, 0) is 19.4 Å². The normalized spacial score (nSPS) is 25.1. The Morgan fingerprint density at radius 3 is 2.41 bits per heavy atom. The zero-order valence-electron chi connectivity index (χ0n) is 21.7. The summed E-state index contributed by atoms with van der Waals surface area (Å²) < 4.78 is 86.5. The van der Waals surface area contributed by atoms with Crippen molar-refractivity contribution in [1.82, 2.24) is 10.2 Å². The maximum atomic E-state index is 14.5. The Morgan fingerprint density at radius 1 is 1.15 bits per heavy atom. The van der Waals surface area contributed by atoms with Crippen LogP contribution in [0.5, 0.6) is 0 Å². The van der Waals surface area contributed by atoms with Crippen molar-refractivity contribution in [1.29, 1.82) is 0 Å². The third-order valence-electron chi connectivity index (χ3n) is 7.10. The van der Waals surface area contributed by atoms with E-state index in [9.17, 15) is 35.9 Å². The molecule has 0 aliphatic carbocycles. The first-order valence-corrected chi connectivity index (χ1v) is 14.5. The molecule has 0 radical (unpaired) electrons. The number of amides is 1. The lowest BCUT2D eigenvalue weighted by atomic mass is 9.97. The fourth-order valence-corrected chi connectivity index (χ4v) is 5.91. The highest BCUT2D eigenvalue weighted by Crippen LogP contribution is 2.36. The van der Waals surface area contributed by atoms with Crippen LogP contribution < -0.4 is 5.32 Å². The van der Waals surface area contributed by atoms with Crippen LogP contribution in [0, 0.1) is 5.92 Å². The minimum absolute atomic E-state index is 0.0591. The van der Waals surface area contributed by atoms with Gasteiger partial charge < -0.3 is 14.7 Å². The molecule has 2 aromatic rings. The summed E-state index contributed by atoms with van der Waals surface area (Å²) in [5.41, 5.74) is 0.904. The largest absolute Gasteiger partial charge is 0.407 e. The lowest BCUT2D eigenvalue weighted by molar-refractivity contribution is -0.163. The fourth-order valence-electron chi connectivity index (χ4n) is 5.25.